The number of ether oxygens (including phenoxy) is 2. The van der Waals surface area contributed by atoms with Gasteiger partial charge in [0.2, 0.25) is 5.75 Å². The lowest BCUT2D eigenvalue weighted by atomic mass is 9.88. The van der Waals surface area contributed by atoms with E-state index in [2.05, 4.69) is 10.3 Å². The smallest absolute Gasteiger partial charge is 0.341 e. The van der Waals surface area contributed by atoms with E-state index in [1.165, 1.54) is 27.2 Å². The number of nitro benzene ring substituents is 1. The average Bonchev–Trinajstić information content (AvgIpc) is 2.53. The van der Waals surface area contributed by atoms with Crippen molar-refractivity contribution in [2.75, 3.05) is 14.2 Å². The molecule has 0 saturated carbocycles. The van der Waals surface area contributed by atoms with Gasteiger partial charge in [-0.3, -0.25) is 14.9 Å². The minimum atomic E-state index is -0.957. The van der Waals surface area contributed by atoms with Crippen LogP contribution in [0, 0.1) is 16.0 Å². The molecule has 2 atom stereocenters. The third-order valence-corrected chi connectivity index (χ3v) is 3.65. The van der Waals surface area contributed by atoms with Crippen LogP contribution in [0.1, 0.15) is 18.5 Å². The van der Waals surface area contributed by atoms with Gasteiger partial charge in [0.05, 0.1) is 25.2 Å². The molecule has 2 amide bonds. The molecule has 0 bridgehead atoms. The number of amides is 2. The van der Waals surface area contributed by atoms with E-state index in [9.17, 15) is 24.8 Å². The molecule has 1 aromatic rings. The van der Waals surface area contributed by atoms with Gasteiger partial charge in [-0.2, -0.15) is 0 Å². The van der Waals surface area contributed by atoms with Crippen LogP contribution >= 0.6 is 0 Å². The molecule has 0 aromatic heterocycles. The molecule has 0 fully saturated rings. The van der Waals surface area contributed by atoms with Gasteiger partial charge in [-0.05, 0) is 18.6 Å². The summed E-state index contributed by atoms with van der Waals surface area (Å²) in [5, 5.41) is 23.4. The summed E-state index contributed by atoms with van der Waals surface area (Å²) in [6, 6.07) is 0.738. The Morgan fingerprint density at radius 3 is 2.62 bits per heavy atom. The summed E-state index contributed by atoms with van der Waals surface area (Å²) >= 11 is 0. The predicted molar refractivity (Wildman–Crippen MR) is 81.2 cm³/mol. The van der Waals surface area contributed by atoms with Gasteiger partial charge >= 0.3 is 17.7 Å². The van der Waals surface area contributed by atoms with Gasteiger partial charge in [0, 0.05) is 11.8 Å². The molecule has 1 aliphatic heterocycles. The van der Waals surface area contributed by atoms with Gasteiger partial charge in [-0.25, -0.2) is 9.79 Å². The Morgan fingerprint density at radius 2 is 2.08 bits per heavy atom. The van der Waals surface area contributed by atoms with Crippen LogP contribution < -0.4 is 10.1 Å². The molecule has 10 nitrogen and oxygen atoms in total. The van der Waals surface area contributed by atoms with Crippen LogP contribution in [0.2, 0.25) is 0 Å². The molecule has 1 heterocycles. The number of carbonyl (C=O) groups excluding carboxylic acids is 2. The first-order chi connectivity index (χ1) is 11.3. The average molecular weight is 337 g/mol. The first kappa shape index (κ1) is 17.2. The van der Waals surface area contributed by atoms with Crippen molar-refractivity contribution >= 4 is 23.4 Å². The zero-order chi connectivity index (χ0) is 18.0. The Balaban J connectivity index is 2.61. The first-order valence-electron chi connectivity index (χ1n) is 6.79. The van der Waals surface area contributed by atoms with E-state index in [1.54, 1.807) is 0 Å². The maximum Gasteiger partial charge on any atom is 0.341 e. The Labute approximate surface area is 136 Å². The SMILES string of the molecule is COC(=O)C1C(C)=NC(=O)NC1c1cc(OC)c(O)c([N+](=O)[O-])c1. The van der Waals surface area contributed by atoms with Crippen molar-refractivity contribution in [2.24, 2.45) is 10.9 Å². The Bertz CT molecular complexity index is 744. The molecule has 2 N–H and O–H groups in total. The number of methoxy groups -OCH3 is 2. The number of nitro groups is 1. The number of urea groups is 1. The topological polar surface area (TPSA) is 140 Å². The number of phenols is 1. The summed E-state index contributed by atoms with van der Waals surface area (Å²) in [4.78, 5) is 37.7. The van der Waals surface area contributed by atoms with E-state index >= 15 is 0 Å². The summed E-state index contributed by atoms with van der Waals surface area (Å²) < 4.78 is 9.65. The van der Waals surface area contributed by atoms with Crippen molar-refractivity contribution in [3.05, 3.63) is 27.8 Å². The van der Waals surface area contributed by atoms with Crippen molar-refractivity contribution in [1.82, 2.24) is 5.32 Å². The quantitative estimate of drug-likeness (QED) is 0.479. The molecule has 0 aliphatic carbocycles. The number of carbonyl (C=O) groups is 2. The van der Waals surface area contributed by atoms with Crippen LogP contribution in [0.4, 0.5) is 10.5 Å². The Hall–Kier alpha value is -3.17. The van der Waals surface area contributed by atoms with Crippen molar-refractivity contribution in [3.8, 4) is 11.5 Å². The van der Waals surface area contributed by atoms with Crippen molar-refractivity contribution < 1.29 is 29.1 Å². The summed E-state index contributed by atoms with van der Waals surface area (Å²) in [6.45, 7) is 1.49. The van der Waals surface area contributed by atoms with Gasteiger partial charge in [0.25, 0.3) is 0 Å². The summed E-state index contributed by atoms with van der Waals surface area (Å²) in [5.74, 6) is -2.41. The van der Waals surface area contributed by atoms with E-state index in [-0.39, 0.29) is 17.0 Å². The standard InChI is InChI=1S/C14H15N3O7/c1-6-10(13(19)24-3)11(16-14(20)15-6)7-4-8(17(21)22)12(18)9(5-7)23-2/h4-5,10-11,18H,1-3H3,(H,16,20). The second-order valence-corrected chi connectivity index (χ2v) is 5.03. The molecule has 10 heteroatoms. The van der Waals surface area contributed by atoms with Crippen LogP contribution in [0.5, 0.6) is 11.5 Å². The van der Waals surface area contributed by atoms with Crippen molar-refractivity contribution in [3.63, 3.8) is 0 Å². The van der Waals surface area contributed by atoms with Gasteiger partial charge in [-0.15, -0.1) is 0 Å². The number of nitrogens with zero attached hydrogens (tertiary/aromatic N) is 2. The molecule has 0 saturated heterocycles. The fourth-order valence-corrected chi connectivity index (χ4v) is 2.52. The van der Waals surface area contributed by atoms with E-state index < -0.39 is 40.3 Å². The van der Waals surface area contributed by atoms with Crippen LogP contribution in [0.3, 0.4) is 0 Å². The molecule has 2 rings (SSSR count). The minimum absolute atomic E-state index is 0.155. The lowest BCUT2D eigenvalue weighted by Crippen LogP contribution is -2.44. The van der Waals surface area contributed by atoms with Crippen LogP contribution in [0.25, 0.3) is 0 Å². The molecule has 1 aliphatic rings. The van der Waals surface area contributed by atoms with Crippen molar-refractivity contribution in [2.45, 2.75) is 13.0 Å². The number of esters is 1. The predicted octanol–water partition coefficient (Wildman–Crippen LogP) is 1.32. The third-order valence-electron chi connectivity index (χ3n) is 3.65. The number of hydrogen-bond donors (Lipinski definition) is 2. The Morgan fingerprint density at radius 1 is 1.42 bits per heavy atom. The highest BCUT2D eigenvalue weighted by Crippen LogP contribution is 2.40. The maximum absolute atomic E-state index is 12.0. The van der Waals surface area contributed by atoms with Gasteiger partial charge < -0.3 is 19.9 Å². The van der Waals surface area contributed by atoms with E-state index in [0.29, 0.717) is 0 Å². The second kappa shape index (κ2) is 6.52. The number of benzene rings is 1. The second-order valence-electron chi connectivity index (χ2n) is 5.03. The van der Waals surface area contributed by atoms with E-state index in [1.807, 2.05) is 0 Å². The highest BCUT2D eigenvalue weighted by molar-refractivity contribution is 6.08. The molecule has 0 radical (unpaired) electrons. The number of rotatable bonds is 4. The molecule has 1 aromatic carbocycles. The lowest BCUT2D eigenvalue weighted by molar-refractivity contribution is -0.386. The highest BCUT2D eigenvalue weighted by atomic mass is 16.6. The Kier molecular flexibility index (Phi) is 4.67. The minimum Gasteiger partial charge on any atom is -0.500 e. The summed E-state index contributed by atoms with van der Waals surface area (Å²) in [7, 11) is 2.41. The first-order valence-corrected chi connectivity index (χ1v) is 6.79. The molecule has 2 unspecified atom stereocenters. The number of phenolic OH excluding ortho intramolecular Hbond substituents is 1. The molecule has 0 spiro atoms. The third kappa shape index (κ3) is 2.98. The van der Waals surface area contributed by atoms with Gasteiger partial charge in [0.1, 0.15) is 5.92 Å². The lowest BCUT2D eigenvalue weighted by Gasteiger charge is -2.29. The monoisotopic (exact) mass is 337 g/mol. The van der Waals surface area contributed by atoms with Crippen LogP contribution in [0.15, 0.2) is 17.1 Å². The number of aromatic hydroxyl groups is 1. The highest BCUT2D eigenvalue weighted by Gasteiger charge is 2.39. The molecule has 128 valence electrons. The number of aliphatic imine (C=N–C) groups is 1. The fourth-order valence-electron chi connectivity index (χ4n) is 2.52. The largest absolute Gasteiger partial charge is 0.500 e. The van der Waals surface area contributed by atoms with Crippen LogP contribution in [-0.4, -0.2) is 42.0 Å². The zero-order valence-corrected chi connectivity index (χ0v) is 13.1. The van der Waals surface area contributed by atoms with Gasteiger partial charge in [-0.1, -0.05) is 0 Å². The molecular weight excluding hydrogens is 322 g/mol. The van der Waals surface area contributed by atoms with Gasteiger partial charge in [0.15, 0.2) is 5.75 Å². The maximum atomic E-state index is 12.0. The molecule has 24 heavy (non-hydrogen) atoms. The number of hydrogen-bond acceptors (Lipinski definition) is 7. The normalized spacial score (nSPS) is 20.0. The summed E-state index contributed by atoms with van der Waals surface area (Å²) in [6.07, 6.45) is 0. The molecular formula is C14H15N3O7. The van der Waals surface area contributed by atoms with E-state index in [0.717, 1.165) is 6.07 Å². The zero-order valence-electron chi connectivity index (χ0n) is 13.1. The van der Waals surface area contributed by atoms with Crippen molar-refractivity contribution in [1.29, 1.82) is 0 Å². The van der Waals surface area contributed by atoms with Crippen LogP contribution in [-0.2, 0) is 9.53 Å². The number of nitrogens with one attached hydrogen (secondary N) is 1. The summed E-state index contributed by atoms with van der Waals surface area (Å²) in [5.41, 5.74) is -0.193. The fraction of sp³-hybridized carbons (Fsp3) is 0.357. The van der Waals surface area contributed by atoms with E-state index in [4.69, 9.17) is 9.47 Å².